The second-order valence-electron chi connectivity index (χ2n) is 7.16. The van der Waals surface area contributed by atoms with Crippen LogP contribution in [0.3, 0.4) is 0 Å². The van der Waals surface area contributed by atoms with Gasteiger partial charge in [0.25, 0.3) is 0 Å². The van der Waals surface area contributed by atoms with E-state index >= 15 is 0 Å². The van der Waals surface area contributed by atoms with Gasteiger partial charge in [-0.2, -0.15) is 0 Å². The zero-order chi connectivity index (χ0) is 21.0. The lowest BCUT2D eigenvalue weighted by Gasteiger charge is -2.34. The Morgan fingerprint density at radius 3 is 2.21 bits per heavy atom. The number of likely N-dealkylation sites (tertiary alicyclic amines) is 1. The molecule has 1 heterocycles. The summed E-state index contributed by atoms with van der Waals surface area (Å²) >= 11 is 0. The summed E-state index contributed by atoms with van der Waals surface area (Å²) in [6.45, 7) is 2.70. The molecular weight excluding hydrogens is 383 g/mol. The maximum absolute atomic E-state index is 13.7. The molecule has 1 aliphatic heterocycles. The summed E-state index contributed by atoms with van der Waals surface area (Å²) in [6, 6.07) is 8.23. The Balaban J connectivity index is 1.50. The van der Waals surface area contributed by atoms with E-state index in [1.807, 2.05) is 0 Å². The largest absolute Gasteiger partial charge is 0.325 e. The van der Waals surface area contributed by atoms with Crippen molar-refractivity contribution in [2.75, 3.05) is 23.7 Å². The van der Waals surface area contributed by atoms with E-state index in [9.17, 15) is 22.8 Å². The van der Waals surface area contributed by atoms with E-state index in [0.717, 1.165) is 12.1 Å². The third-order valence-corrected chi connectivity index (χ3v) is 5.23. The van der Waals surface area contributed by atoms with Crippen molar-refractivity contribution in [3.63, 3.8) is 0 Å². The molecule has 3 amide bonds. The number of piperidine rings is 1. The van der Waals surface area contributed by atoms with Crippen molar-refractivity contribution < 1.29 is 22.8 Å². The average molecular weight is 405 g/mol. The second kappa shape index (κ2) is 8.98. The predicted molar refractivity (Wildman–Crippen MR) is 104 cm³/mol. The maximum Gasteiger partial charge on any atom is 0.321 e. The highest BCUT2D eigenvalue weighted by Gasteiger charge is 2.30. The number of hydrogen-bond acceptors (Lipinski definition) is 2. The van der Waals surface area contributed by atoms with Crippen molar-refractivity contribution >= 4 is 23.3 Å². The number of halogens is 3. The van der Waals surface area contributed by atoms with Gasteiger partial charge in [-0.05, 0) is 55.2 Å². The van der Waals surface area contributed by atoms with Crippen LogP contribution >= 0.6 is 0 Å². The Morgan fingerprint density at radius 1 is 0.966 bits per heavy atom. The Hall–Kier alpha value is -3.03. The van der Waals surface area contributed by atoms with Gasteiger partial charge in [0.2, 0.25) is 5.91 Å². The van der Waals surface area contributed by atoms with Gasteiger partial charge >= 0.3 is 6.03 Å². The van der Waals surface area contributed by atoms with Gasteiger partial charge in [-0.1, -0.05) is 6.92 Å². The molecule has 2 aromatic carbocycles. The van der Waals surface area contributed by atoms with Gasteiger partial charge in [0.1, 0.15) is 17.5 Å². The average Bonchev–Trinajstić information content (AvgIpc) is 2.71. The van der Waals surface area contributed by atoms with Crippen LogP contribution in [0, 0.1) is 29.3 Å². The van der Waals surface area contributed by atoms with Crippen LogP contribution < -0.4 is 10.6 Å². The highest BCUT2D eigenvalue weighted by Crippen LogP contribution is 2.27. The topological polar surface area (TPSA) is 61.4 Å². The summed E-state index contributed by atoms with van der Waals surface area (Å²) in [5.74, 6) is -2.60. The second-order valence-corrected chi connectivity index (χ2v) is 7.16. The van der Waals surface area contributed by atoms with Gasteiger partial charge in [-0.15, -0.1) is 0 Å². The van der Waals surface area contributed by atoms with Crippen molar-refractivity contribution in [1.82, 2.24) is 4.90 Å². The molecule has 0 aliphatic carbocycles. The summed E-state index contributed by atoms with van der Waals surface area (Å²) in [4.78, 5) is 26.4. The molecule has 5 nitrogen and oxygen atoms in total. The molecule has 2 N–H and O–H groups in total. The monoisotopic (exact) mass is 405 g/mol. The lowest BCUT2D eigenvalue weighted by molar-refractivity contribution is -0.121. The summed E-state index contributed by atoms with van der Waals surface area (Å²) in [5.41, 5.74) is 0.451. The Bertz CT molecular complexity index is 881. The van der Waals surface area contributed by atoms with Crippen molar-refractivity contribution in [1.29, 1.82) is 0 Å². The van der Waals surface area contributed by atoms with Crippen LogP contribution in [0.5, 0.6) is 0 Å². The number of benzene rings is 2. The molecule has 1 fully saturated rings. The molecule has 1 aliphatic rings. The number of rotatable bonds is 4. The lowest BCUT2D eigenvalue weighted by Crippen LogP contribution is -2.43. The zero-order valence-electron chi connectivity index (χ0n) is 15.9. The fraction of sp³-hybridized carbons (Fsp3) is 0.333. The number of carbonyl (C=O) groups excluding carboxylic acids is 2. The van der Waals surface area contributed by atoms with Crippen molar-refractivity contribution in [2.24, 2.45) is 11.8 Å². The summed E-state index contributed by atoms with van der Waals surface area (Å²) < 4.78 is 39.7. The van der Waals surface area contributed by atoms with E-state index in [1.165, 1.54) is 30.3 Å². The van der Waals surface area contributed by atoms with Crippen LogP contribution in [-0.4, -0.2) is 29.9 Å². The van der Waals surface area contributed by atoms with Gasteiger partial charge < -0.3 is 15.5 Å². The molecule has 1 atom stereocenters. The Morgan fingerprint density at radius 2 is 1.59 bits per heavy atom. The third-order valence-electron chi connectivity index (χ3n) is 5.23. The van der Waals surface area contributed by atoms with E-state index in [1.54, 1.807) is 11.8 Å². The molecule has 1 saturated heterocycles. The number of anilines is 2. The van der Waals surface area contributed by atoms with Gasteiger partial charge in [-0.3, -0.25) is 4.79 Å². The number of amides is 3. The Kier molecular flexibility index (Phi) is 6.41. The van der Waals surface area contributed by atoms with E-state index in [0.29, 0.717) is 31.6 Å². The zero-order valence-corrected chi connectivity index (χ0v) is 15.9. The Labute approximate surface area is 166 Å². The fourth-order valence-electron chi connectivity index (χ4n) is 3.39. The quantitative estimate of drug-likeness (QED) is 0.780. The lowest BCUT2D eigenvalue weighted by atomic mass is 9.85. The summed E-state index contributed by atoms with van der Waals surface area (Å²) in [7, 11) is 0. The number of hydrogen-bond donors (Lipinski definition) is 2. The standard InChI is InChI=1S/C21H22F3N3O2/c1-13(20(28)26-19-7-4-16(23)12-18(19)24)14-8-10-27(11-9-14)21(29)25-17-5-2-15(22)3-6-17/h2-7,12-14H,8-11H2,1H3,(H,25,29)(H,26,28). The minimum absolute atomic E-state index is 0.0355. The first-order chi connectivity index (χ1) is 13.8. The molecule has 154 valence electrons. The summed E-state index contributed by atoms with van der Waals surface area (Å²) in [5, 5.41) is 5.22. The number of carbonyl (C=O) groups is 2. The smallest absolute Gasteiger partial charge is 0.321 e. The molecule has 29 heavy (non-hydrogen) atoms. The summed E-state index contributed by atoms with van der Waals surface area (Å²) in [6.07, 6.45) is 1.24. The molecule has 0 bridgehead atoms. The van der Waals surface area contributed by atoms with E-state index in [2.05, 4.69) is 10.6 Å². The minimum atomic E-state index is -0.821. The van der Waals surface area contributed by atoms with Crippen LogP contribution in [0.25, 0.3) is 0 Å². The molecule has 3 rings (SSSR count). The van der Waals surface area contributed by atoms with Gasteiger partial charge in [0, 0.05) is 30.8 Å². The van der Waals surface area contributed by atoms with Crippen LogP contribution in [0.1, 0.15) is 19.8 Å². The van der Waals surface area contributed by atoms with Crippen molar-refractivity contribution in [2.45, 2.75) is 19.8 Å². The van der Waals surface area contributed by atoms with Crippen molar-refractivity contribution in [3.8, 4) is 0 Å². The van der Waals surface area contributed by atoms with Gasteiger partial charge in [0.15, 0.2) is 0 Å². The first-order valence-corrected chi connectivity index (χ1v) is 9.41. The predicted octanol–water partition coefficient (Wildman–Crippen LogP) is 4.62. The van der Waals surface area contributed by atoms with Gasteiger partial charge in [0.05, 0.1) is 5.69 Å². The minimum Gasteiger partial charge on any atom is -0.325 e. The molecule has 0 saturated carbocycles. The van der Waals surface area contributed by atoms with E-state index < -0.39 is 11.6 Å². The van der Waals surface area contributed by atoms with Gasteiger partial charge in [-0.25, -0.2) is 18.0 Å². The first kappa shape index (κ1) is 20.7. The molecule has 0 spiro atoms. The third kappa shape index (κ3) is 5.28. The van der Waals surface area contributed by atoms with E-state index in [-0.39, 0.29) is 35.3 Å². The number of nitrogens with one attached hydrogen (secondary N) is 2. The highest BCUT2D eigenvalue weighted by atomic mass is 19.1. The first-order valence-electron chi connectivity index (χ1n) is 9.41. The van der Waals surface area contributed by atoms with Crippen molar-refractivity contribution in [3.05, 3.63) is 59.9 Å². The normalized spacial score (nSPS) is 15.7. The molecule has 0 aromatic heterocycles. The molecular formula is C21H22F3N3O2. The van der Waals surface area contributed by atoms with E-state index in [4.69, 9.17) is 0 Å². The van der Waals surface area contributed by atoms with Crippen LogP contribution in [0.4, 0.5) is 29.3 Å². The maximum atomic E-state index is 13.7. The SMILES string of the molecule is CC(C(=O)Nc1ccc(F)cc1F)C1CCN(C(=O)Nc2ccc(F)cc2)CC1. The van der Waals surface area contributed by atoms with Crippen LogP contribution in [0.2, 0.25) is 0 Å². The van der Waals surface area contributed by atoms with Crippen LogP contribution in [-0.2, 0) is 4.79 Å². The highest BCUT2D eigenvalue weighted by molar-refractivity contribution is 5.92. The molecule has 0 radical (unpaired) electrons. The fourth-order valence-corrected chi connectivity index (χ4v) is 3.39. The number of nitrogens with zero attached hydrogens (tertiary/aromatic N) is 1. The molecule has 8 heteroatoms. The molecule has 2 aromatic rings. The molecule has 1 unspecified atom stereocenters. The number of urea groups is 1. The van der Waals surface area contributed by atoms with Crippen LogP contribution in [0.15, 0.2) is 42.5 Å².